The van der Waals surface area contributed by atoms with Crippen molar-refractivity contribution in [2.45, 2.75) is 38.1 Å². The van der Waals surface area contributed by atoms with Gasteiger partial charge in [-0.1, -0.05) is 0 Å². The Morgan fingerprint density at radius 3 is 2.94 bits per heavy atom. The Labute approximate surface area is 106 Å². The van der Waals surface area contributed by atoms with E-state index in [1.54, 1.807) is 0 Å². The molecule has 0 aliphatic carbocycles. The molecule has 3 aliphatic heterocycles. The molecule has 3 heteroatoms. The quantitative estimate of drug-likeness (QED) is 0.794. The third-order valence-electron chi connectivity index (χ3n) is 4.92. The number of hydrogen-bond donors (Lipinski definition) is 1. The molecule has 3 aliphatic rings. The topological polar surface area (TPSA) is 18.5 Å². The molecule has 2 atom stereocenters. The lowest BCUT2D eigenvalue weighted by atomic mass is 9.96. The van der Waals surface area contributed by atoms with Crippen LogP contribution in [0, 0.1) is 5.92 Å². The van der Waals surface area contributed by atoms with Gasteiger partial charge in [-0.3, -0.25) is 4.90 Å². The smallest absolute Gasteiger partial charge is 0.0224 e. The van der Waals surface area contributed by atoms with Crippen LogP contribution in [0.25, 0.3) is 0 Å². The van der Waals surface area contributed by atoms with E-state index in [0.717, 1.165) is 12.0 Å². The van der Waals surface area contributed by atoms with Crippen molar-refractivity contribution < 1.29 is 0 Å². The van der Waals surface area contributed by atoms with Gasteiger partial charge in [0.15, 0.2) is 0 Å². The van der Waals surface area contributed by atoms with E-state index in [2.05, 4.69) is 15.1 Å². The highest BCUT2D eigenvalue weighted by molar-refractivity contribution is 4.87. The van der Waals surface area contributed by atoms with Gasteiger partial charge in [-0.05, 0) is 64.2 Å². The summed E-state index contributed by atoms with van der Waals surface area (Å²) in [6.07, 6.45) is 7.14. The second-order valence-corrected chi connectivity index (χ2v) is 6.13. The Balaban J connectivity index is 1.40. The van der Waals surface area contributed by atoms with Crippen molar-refractivity contribution >= 4 is 0 Å². The molecule has 0 spiro atoms. The first-order valence-corrected chi connectivity index (χ1v) is 7.59. The number of nitrogens with one attached hydrogen (secondary N) is 1. The van der Waals surface area contributed by atoms with Gasteiger partial charge in [-0.25, -0.2) is 0 Å². The number of fused-ring (bicyclic) bond motifs is 1. The third-order valence-corrected chi connectivity index (χ3v) is 4.92. The van der Waals surface area contributed by atoms with Crippen LogP contribution in [0.15, 0.2) is 0 Å². The molecule has 3 rings (SSSR count). The third kappa shape index (κ3) is 3.01. The van der Waals surface area contributed by atoms with Gasteiger partial charge in [0.1, 0.15) is 0 Å². The van der Waals surface area contributed by atoms with Gasteiger partial charge in [0, 0.05) is 25.7 Å². The second-order valence-electron chi connectivity index (χ2n) is 6.13. The average molecular weight is 237 g/mol. The lowest BCUT2D eigenvalue weighted by Crippen LogP contribution is -2.50. The van der Waals surface area contributed by atoms with E-state index in [1.165, 1.54) is 77.9 Å². The number of hydrogen-bond acceptors (Lipinski definition) is 3. The Hall–Kier alpha value is -0.120. The number of rotatable bonds is 3. The molecule has 0 aromatic heterocycles. The summed E-state index contributed by atoms with van der Waals surface area (Å²) < 4.78 is 0. The minimum absolute atomic E-state index is 0.897. The Morgan fingerprint density at radius 1 is 1.06 bits per heavy atom. The highest BCUT2D eigenvalue weighted by Crippen LogP contribution is 2.22. The molecule has 0 aromatic rings. The number of nitrogens with zero attached hydrogens (tertiary/aromatic N) is 2. The summed E-state index contributed by atoms with van der Waals surface area (Å²) in [5.41, 5.74) is 0. The van der Waals surface area contributed by atoms with E-state index in [1.807, 2.05) is 0 Å². The maximum absolute atomic E-state index is 3.53. The minimum atomic E-state index is 0.897. The normalized spacial score (nSPS) is 36.0. The van der Waals surface area contributed by atoms with Crippen LogP contribution < -0.4 is 5.32 Å². The SMILES string of the molecule is C1CNCC(CCN2CCN3CCCC3C2)C1. The molecule has 17 heavy (non-hydrogen) atoms. The van der Waals surface area contributed by atoms with Gasteiger partial charge < -0.3 is 10.2 Å². The van der Waals surface area contributed by atoms with Crippen molar-refractivity contribution in [2.24, 2.45) is 5.92 Å². The molecule has 1 N–H and O–H groups in total. The average Bonchev–Trinajstić information content (AvgIpc) is 2.85. The zero-order valence-corrected chi connectivity index (χ0v) is 11.0. The Kier molecular flexibility index (Phi) is 3.99. The Bertz CT molecular complexity index is 238. The van der Waals surface area contributed by atoms with Crippen molar-refractivity contribution in [2.75, 3.05) is 45.8 Å². The predicted octanol–water partition coefficient (Wildman–Crippen LogP) is 1.16. The first kappa shape index (κ1) is 11.9. The zero-order chi connectivity index (χ0) is 11.5. The predicted molar refractivity (Wildman–Crippen MR) is 71.2 cm³/mol. The summed E-state index contributed by atoms with van der Waals surface area (Å²) in [4.78, 5) is 5.43. The molecule has 0 bridgehead atoms. The van der Waals surface area contributed by atoms with Crippen molar-refractivity contribution in [1.29, 1.82) is 0 Å². The fourth-order valence-corrected chi connectivity index (χ4v) is 3.79. The molecule has 0 saturated carbocycles. The van der Waals surface area contributed by atoms with Gasteiger partial charge in [0.2, 0.25) is 0 Å². The Morgan fingerprint density at radius 2 is 2.06 bits per heavy atom. The highest BCUT2D eigenvalue weighted by Gasteiger charge is 2.30. The maximum atomic E-state index is 3.53. The van der Waals surface area contributed by atoms with Crippen LogP contribution >= 0.6 is 0 Å². The van der Waals surface area contributed by atoms with E-state index >= 15 is 0 Å². The molecule has 98 valence electrons. The molecule has 0 radical (unpaired) electrons. The van der Waals surface area contributed by atoms with Crippen molar-refractivity contribution in [1.82, 2.24) is 15.1 Å². The van der Waals surface area contributed by atoms with E-state index < -0.39 is 0 Å². The van der Waals surface area contributed by atoms with Crippen molar-refractivity contribution in [3.05, 3.63) is 0 Å². The van der Waals surface area contributed by atoms with Gasteiger partial charge in [-0.15, -0.1) is 0 Å². The van der Waals surface area contributed by atoms with Gasteiger partial charge >= 0.3 is 0 Å². The molecule has 3 nitrogen and oxygen atoms in total. The van der Waals surface area contributed by atoms with E-state index in [0.29, 0.717) is 0 Å². The van der Waals surface area contributed by atoms with E-state index in [9.17, 15) is 0 Å². The zero-order valence-electron chi connectivity index (χ0n) is 11.0. The second kappa shape index (κ2) is 5.68. The molecular weight excluding hydrogens is 210 g/mol. The first-order valence-electron chi connectivity index (χ1n) is 7.59. The number of piperazine rings is 1. The van der Waals surface area contributed by atoms with Crippen LogP contribution in [0.3, 0.4) is 0 Å². The highest BCUT2D eigenvalue weighted by atomic mass is 15.3. The van der Waals surface area contributed by atoms with Gasteiger partial charge in [-0.2, -0.15) is 0 Å². The molecule has 3 saturated heterocycles. The monoisotopic (exact) mass is 237 g/mol. The minimum Gasteiger partial charge on any atom is -0.316 e. The molecule has 3 heterocycles. The molecule has 0 aromatic carbocycles. The van der Waals surface area contributed by atoms with Crippen molar-refractivity contribution in [3.8, 4) is 0 Å². The van der Waals surface area contributed by atoms with E-state index in [-0.39, 0.29) is 0 Å². The van der Waals surface area contributed by atoms with Crippen LogP contribution in [-0.2, 0) is 0 Å². The first-order chi connectivity index (χ1) is 8.42. The summed E-state index contributed by atoms with van der Waals surface area (Å²) in [6.45, 7) is 9.22. The fraction of sp³-hybridized carbons (Fsp3) is 1.00. The molecule has 0 amide bonds. The summed E-state index contributed by atoms with van der Waals surface area (Å²) in [5, 5.41) is 3.53. The summed E-state index contributed by atoms with van der Waals surface area (Å²) in [6, 6.07) is 0.897. The lowest BCUT2D eigenvalue weighted by Gasteiger charge is -2.38. The van der Waals surface area contributed by atoms with Crippen LogP contribution in [0.2, 0.25) is 0 Å². The summed E-state index contributed by atoms with van der Waals surface area (Å²) in [5.74, 6) is 0.949. The molecule has 3 fully saturated rings. The summed E-state index contributed by atoms with van der Waals surface area (Å²) in [7, 11) is 0. The molecule has 2 unspecified atom stereocenters. The van der Waals surface area contributed by atoms with E-state index in [4.69, 9.17) is 0 Å². The largest absolute Gasteiger partial charge is 0.316 e. The summed E-state index contributed by atoms with van der Waals surface area (Å²) >= 11 is 0. The van der Waals surface area contributed by atoms with Crippen LogP contribution in [0.4, 0.5) is 0 Å². The number of piperidine rings is 1. The van der Waals surface area contributed by atoms with Gasteiger partial charge in [0.25, 0.3) is 0 Å². The lowest BCUT2D eigenvalue weighted by molar-refractivity contribution is 0.0982. The molecular formula is C14H27N3. The van der Waals surface area contributed by atoms with Gasteiger partial charge in [0.05, 0.1) is 0 Å². The van der Waals surface area contributed by atoms with Crippen LogP contribution in [0.1, 0.15) is 32.1 Å². The van der Waals surface area contributed by atoms with Crippen LogP contribution in [0.5, 0.6) is 0 Å². The maximum Gasteiger partial charge on any atom is 0.0224 e. The fourth-order valence-electron chi connectivity index (χ4n) is 3.79. The van der Waals surface area contributed by atoms with Crippen LogP contribution in [-0.4, -0.2) is 61.7 Å². The van der Waals surface area contributed by atoms with Crippen molar-refractivity contribution in [3.63, 3.8) is 0 Å². The standard InChI is InChI=1S/C14H27N3/c1-3-13(11-15-6-1)5-8-16-9-10-17-7-2-4-14(17)12-16/h13-15H,1-12H2.